The van der Waals surface area contributed by atoms with Crippen LogP contribution < -0.4 is 18.9 Å². The summed E-state index contributed by atoms with van der Waals surface area (Å²) >= 11 is 0. The van der Waals surface area contributed by atoms with Crippen LogP contribution in [0.2, 0.25) is 0 Å². The summed E-state index contributed by atoms with van der Waals surface area (Å²) < 4.78 is 23.6. The van der Waals surface area contributed by atoms with Crippen molar-refractivity contribution in [1.29, 1.82) is 0 Å². The summed E-state index contributed by atoms with van der Waals surface area (Å²) in [6.45, 7) is 7.75. The van der Waals surface area contributed by atoms with E-state index in [2.05, 4.69) is 107 Å². The van der Waals surface area contributed by atoms with Crippen LogP contribution in [0.1, 0.15) is 107 Å². The Kier molecular flexibility index (Phi) is 15.0. The van der Waals surface area contributed by atoms with Crippen molar-refractivity contribution >= 4 is 11.9 Å². The summed E-state index contributed by atoms with van der Waals surface area (Å²) in [5, 5.41) is 22.0. The van der Waals surface area contributed by atoms with Crippen molar-refractivity contribution in [1.82, 2.24) is 9.80 Å². The van der Waals surface area contributed by atoms with Crippen molar-refractivity contribution in [3.8, 4) is 23.0 Å². The third-order valence-electron chi connectivity index (χ3n) is 15.1. The number of fused-ring (bicyclic) bond motifs is 2. The summed E-state index contributed by atoms with van der Waals surface area (Å²) in [7, 11) is 0. The lowest BCUT2D eigenvalue weighted by atomic mass is 9.69. The quantitative estimate of drug-likeness (QED) is 0.0677. The van der Waals surface area contributed by atoms with Gasteiger partial charge >= 0.3 is 11.9 Å². The summed E-state index contributed by atoms with van der Waals surface area (Å²) in [5.74, 6) is 0.368. The molecule has 362 valence electrons. The van der Waals surface area contributed by atoms with E-state index in [-0.39, 0.29) is 35.2 Å². The van der Waals surface area contributed by atoms with Gasteiger partial charge in [-0.15, -0.1) is 0 Å². The van der Waals surface area contributed by atoms with Crippen molar-refractivity contribution in [3.63, 3.8) is 0 Å². The first-order valence-electron chi connectivity index (χ1n) is 25.4. The zero-order chi connectivity index (χ0) is 47.8. The molecule has 2 aliphatic carbocycles. The first-order valence-corrected chi connectivity index (χ1v) is 25.4. The van der Waals surface area contributed by atoms with Crippen LogP contribution in [0, 0.1) is 0 Å². The number of hydrogen-bond donors (Lipinski definition) is 2. The lowest BCUT2D eigenvalue weighted by molar-refractivity contribution is -0.162. The second-order valence-electron chi connectivity index (χ2n) is 19.5. The van der Waals surface area contributed by atoms with Gasteiger partial charge in [0.25, 0.3) is 0 Å². The fourth-order valence-electron chi connectivity index (χ4n) is 11.4. The molecule has 6 atom stereocenters. The summed E-state index contributed by atoms with van der Waals surface area (Å²) in [4.78, 5) is 31.6. The highest BCUT2D eigenvalue weighted by Crippen LogP contribution is 2.49. The SMILES string of the molecule is O=C(Oc1ccc2c(c1)CCC(c1ccccc1)C2c1ccc(OCCN2CCCC2)cc1)C(O)C(O)C(=O)Oc1ccc2c(c1)CCC(c1ccccc1)C2c1ccc(OCCN2CCCC2)cc1. The highest BCUT2D eigenvalue weighted by Gasteiger charge is 2.37. The Labute approximate surface area is 411 Å². The van der Waals surface area contributed by atoms with Gasteiger partial charge < -0.3 is 29.2 Å². The van der Waals surface area contributed by atoms with Crippen molar-refractivity contribution in [3.05, 3.63) is 190 Å². The first-order chi connectivity index (χ1) is 34.3. The highest BCUT2D eigenvalue weighted by atomic mass is 16.6. The van der Waals surface area contributed by atoms with E-state index in [1.54, 1.807) is 12.1 Å². The predicted molar refractivity (Wildman–Crippen MR) is 270 cm³/mol. The molecule has 6 aromatic carbocycles. The van der Waals surface area contributed by atoms with Crippen molar-refractivity contribution in [2.24, 2.45) is 0 Å². The lowest BCUT2D eigenvalue weighted by Gasteiger charge is -2.35. The molecule has 2 saturated heterocycles. The van der Waals surface area contributed by atoms with Gasteiger partial charge in [0, 0.05) is 24.9 Å². The average molecular weight is 941 g/mol. The molecule has 10 rings (SSSR count). The standard InChI is InChI=1S/C60H64N2O8/c63-57(59(65)69-49-25-29-53-45(39-49)19-27-51(41-11-3-1-4-12-41)55(53)43-15-21-47(22-16-43)67-37-35-61-31-7-8-32-61)58(64)60(66)70-50-26-30-54-46(40-50)20-28-52(42-13-5-2-6-14-42)56(54)44-17-23-48(24-18-44)68-38-36-62-33-9-10-34-62/h1-6,11-18,21-26,29-30,39-40,51-52,55-58,63-64H,7-10,19-20,27-28,31-38H2. The van der Waals surface area contributed by atoms with Crippen molar-refractivity contribution in [2.45, 2.75) is 87.2 Å². The number of rotatable bonds is 17. The number of aryl methyl sites for hydroxylation is 2. The molecule has 0 saturated carbocycles. The van der Waals surface area contributed by atoms with Crippen LogP contribution in [0.4, 0.5) is 0 Å². The molecule has 70 heavy (non-hydrogen) atoms. The van der Waals surface area contributed by atoms with Crippen LogP contribution in [0.25, 0.3) is 0 Å². The van der Waals surface area contributed by atoms with Crippen LogP contribution in [0.5, 0.6) is 23.0 Å². The molecule has 0 aromatic heterocycles. The fraction of sp³-hybridized carbons (Fsp3) is 0.367. The molecule has 2 N–H and O–H groups in total. The number of nitrogens with zero attached hydrogens (tertiary/aromatic N) is 2. The topological polar surface area (TPSA) is 118 Å². The Bertz CT molecular complexity index is 2500. The van der Waals surface area contributed by atoms with E-state index in [0.29, 0.717) is 13.2 Å². The number of carbonyl (C=O) groups excluding carboxylic acids is 2. The molecule has 2 heterocycles. The molecule has 2 fully saturated rings. The number of ether oxygens (including phenoxy) is 4. The van der Waals surface area contributed by atoms with E-state index in [4.69, 9.17) is 18.9 Å². The van der Waals surface area contributed by atoms with E-state index in [1.165, 1.54) is 36.8 Å². The van der Waals surface area contributed by atoms with Gasteiger partial charge in [-0.05, 0) is 182 Å². The lowest BCUT2D eigenvalue weighted by Crippen LogP contribution is -2.43. The van der Waals surface area contributed by atoms with Crippen LogP contribution in [0.15, 0.2) is 146 Å². The predicted octanol–water partition coefficient (Wildman–Crippen LogP) is 9.59. The molecular formula is C60H64N2O8. The third kappa shape index (κ3) is 11.0. The first kappa shape index (κ1) is 47.4. The number of aliphatic hydroxyl groups excluding tert-OH is 2. The molecule has 6 aromatic rings. The highest BCUT2D eigenvalue weighted by molar-refractivity contribution is 5.87. The summed E-state index contributed by atoms with van der Waals surface area (Å²) in [6.07, 6.45) is 3.94. The molecule has 0 radical (unpaired) electrons. The normalized spacial score (nSPS) is 21.0. The van der Waals surface area contributed by atoms with Gasteiger partial charge in [0.2, 0.25) is 0 Å². The van der Waals surface area contributed by atoms with Gasteiger partial charge in [0.1, 0.15) is 36.2 Å². The third-order valence-corrected chi connectivity index (χ3v) is 15.1. The monoisotopic (exact) mass is 940 g/mol. The zero-order valence-electron chi connectivity index (χ0n) is 39.9. The molecule has 0 amide bonds. The smallest absolute Gasteiger partial charge is 0.343 e. The molecule has 10 heteroatoms. The van der Waals surface area contributed by atoms with Crippen molar-refractivity contribution < 1.29 is 38.7 Å². The summed E-state index contributed by atoms with van der Waals surface area (Å²) in [5.41, 5.74) is 9.17. The van der Waals surface area contributed by atoms with Gasteiger partial charge in [-0.2, -0.15) is 0 Å². The van der Waals surface area contributed by atoms with Gasteiger partial charge in [-0.3, -0.25) is 9.80 Å². The van der Waals surface area contributed by atoms with Crippen LogP contribution >= 0.6 is 0 Å². The molecular weight excluding hydrogens is 877 g/mol. The molecule has 0 spiro atoms. The van der Waals surface area contributed by atoms with Crippen LogP contribution in [-0.2, 0) is 22.4 Å². The second kappa shape index (κ2) is 22.2. The molecule has 2 aliphatic heterocycles. The second-order valence-corrected chi connectivity index (χ2v) is 19.5. The minimum Gasteiger partial charge on any atom is -0.492 e. The Morgan fingerprint density at radius 3 is 1.23 bits per heavy atom. The van der Waals surface area contributed by atoms with Gasteiger partial charge in [0.15, 0.2) is 12.2 Å². The number of hydrogen-bond acceptors (Lipinski definition) is 10. The van der Waals surface area contributed by atoms with E-state index in [1.807, 2.05) is 36.4 Å². The minimum absolute atomic E-state index is 0.0392. The average Bonchev–Trinajstić information content (AvgIpc) is 4.14. The maximum Gasteiger partial charge on any atom is 0.343 e. The van der Waals surface area contributed by atoms with Crippen LogP contribution in [0.3, 0.4) is 0 Å². The largest absolute Gasteiger partial charge is 0.492 e. The Morgan fingerprint density at radius 2 is 0.843 bits per heavy atom. The van der Waals surface area contributed by atoms with Gasteiger partial charge in [-0.25, -0.2) is 9.59 Å². The Hall–Kier alpha value is -6.30. The number of carbonyl (C=O) groups is 2. The summed E-state index contributed by atoms with van der Waals surface area (Å²) in [6, 6.07) is 49.0. The molecule has 4 aliphatic rings. The number of esters is 2. The molecule has 0 bridgehead atoms. The number of aliphatic hydroxyl groups is 2. The van der Waals surface area contributed by atoms with E-state index in [0.717, 1.165) is 110 Å². The minimum atomic E-state index is -2.17. The fourth-order valence-corrected chi connectivity index (χ4v) is 11.4. The van der Waals surface area contributed by atoms with E-state index >= 15 is 0 Å². The maximum atomic E-state index is 13.4. The number of likely N-dealkylation sites (tertiary alicyclic amines) is 2. The van der Waals surface area contributed by atoms with Gasteiger partial charge in [-0.1, -0.05) is 97.1 Å². The Balaban J connectivity index is 0.793. The van der Waals surface area contributed by atoms with E-state index in [9.17, 15) is 19.8 Å². The van der Waals surface area contributed by atoms with Gasteiger partial charge in [0.05, 0.1) is 0 Å². The molecule has 6 unspecified atom stereocenters. The van der Waals surface area contributed by atoms with E-state index < -0.39 is 24.1 Å². The zero-order valence-corrected chi connectivity index (χ0v) is 39.9. The maximum absolute atomic E-state index is 13.4. The van der Waals surface area contributed by atoms with Crippen molar-refractivity contribution in [2.75, 3.05) is 52.5 Å². The van der Waals surface area contributed by atoms with Crippen LogP contribution in [-0.4, -0.2) is 96.6 Å². The molecule has 10 nitrogen and oxygen atoms in total. The number of benzene rings is 6. The Morgan fingerprint density at radius 1 is 0.471 bits per heavy atom.